The van der Waals surface area contributed by atoms with Gasteiger partial charge in [0.15, 0.2) is 0 Å². The Morgan fingerprint density at radius 2 is 2.11 bits per heavy atom. The lowest BCUT2D eigenvalue weighted by atomic mass is 9.97. The van der Waals surface area contributed by atoms with E-state index in [1.54, 1.807) is 0 Å². The van der Waals surface area contributed by atoms with Crippen molar-refractivity contribution in [3.8, 4) is 0 Å². The van der Waals surface area contributed by atoms with Crippen molar-refractivity contribution in [2.45, 2.75) is 57.0 Å². The molecule has 1 N–H and O–H groups in total. The summed E-state index contributed by atoms with van der Waals surface area (Å²) >= 11 is 1.83. The first kappa shape index (κ1) is 11.9. The predicted molar refractivity (Wildman–Crippen MR) is 76.6 cm³/mol. The Kier molecular flexibility index (Phi) is 2.88. The number of nitrogens with zero attached hydrogens (tertiary/aromatic N) is 2. The molecule has 2 aromatic heterocycles. The van der Waals surface area contributed by atoms with Gasteiger partial charge in [0, 0.05) is 4.88 Å². The summed E-state index contributed by atoms with van der Waals surface area (Å²) in [6.07, 6.45) is 12.3. The lowest BCUT2D eigenvalue weighted by Gasteiger charge is -2.16. The molecule has 4 rings (SSSR count). The van der Waals surface area contributed by atoms with E-state index in [1.165, 1.54) is 48.2 Å². The average molecular weight is 276 g/mol. The molecule has 0 unspecified atom stereocenters. The van der Waals surface area contributed by atoms with Crippen LogP contribution in [0, 0.1) is 5.92 Å². The van der Waals surface area contributed by atoms with Gasteiger partial charge in [-0.05, 0) is 31.1 Å². The van der Waals surface area contributed by atoms with Gasteiger partial charge in [0.1, 0.15) is 11.2 Å². The molecule has 0 spiro atoms. The summed E-state index contributed by atoms with van der Waals surface area (Å²) in [6, 6.07) is 0. The minimum Gasteiger partial charge on any atom is -0.387 e. The minimum atomic E-state index is -0.304. The molecule has 19 heavy (non-hydrogen) atoms. The molecule has 2 aliphatic carbocycles. The average Bonchev–Trinajstić information content (AvgIpc) is 2.82. The van der Waals surface area contributed by atoms with Crippen LogP contribution in [0.15, 0.2) is 12.5 Å². The second-order valence-corrected chi connectivity index (χ2v) is 7.19. The van der Waals surface area contributed by atoms with Gasteiger partial charge in [-0.15, -0.1) is 11.3 Å². The van der Waals surface area contributed by atoms with E-state index in [2.05, 4.69) is 9.38 Å². The van der Waals surface area contributed by atoms with Crippen molar-refractivity contribution in [1.82, 2.24) is 9.38 Å². The second kappa shape index (κ2) is 4.60. The molecule has 1 atom stereocenters. The molecule has 2 aromatic rings. The molecule has 0 radical (unpaired) electrons. The summed E-state index contributed by atoms with van der Waals surface area (Å²) in [6.45, 7) is 0. The van der Waals surface area contributed by atoms with Crippen molar-refractivity contribution in [1.29, 1.82) is 0 Å². The number of hydrogen-bond acceptors (Lipinski definition) is 3. The molecule has 0 aromatic carbocycles. The SMILES string of the molecule is O[C@@H](CC1CCCC1)c1c(C2CC2)sc2cncn12. The van der Waals surface area contributed by atoms with Crippen molar-refractivity contribution < 1.29 is 5.11 Å². The minimum absolute atomic E-state index is 0.304. The van der Waals surface area contributed by atoms with E-state index in [-0.39, 0.29) is 6.10 Å². The zero-order chi connectivity index (χ0) is 12.8. The normalized spacial score (nSPS) is 22.4. The summed E-state index contributed by atoms with van der Waals surface area (Å²) in [5.74, 6) is 1.43. The van der Waals surface area contributed by atoms with Gasteiger partial charge < -0.3 is 5.11 Å². The number of aliphatic hydroxyl groups excluding tert-OH is 1. The third-order valence-electron chi connectivity index (χ3n) is 4.63. The van der Waals surface area contributed by atoms with Gasteiger partial charge in [0.2, 0.25) is 0 Å². The highest BCUT2D eigenvalue weighted by Crippen LogP contribution is 2.48. The predicted octanol–water partition coefficient (Wildman–Crippen LogP) is 3.89. The van der Waals surface area contributed by atoms with E-state index in [0.717, 1.165) is 18.0 Å². The quantitative estimate of drug-likeness (QED) is 0.920. The zero-order valence-electron chi connectivity index (χ0n) is 11.1. The zero-order valence-corrected chi connectivity index (χ0v) is 11.9. The molecule has 2 fully saturated rings. The molecular formula is C15H20N2OS. The van der Waals surface area contributed by atoms with Gasteiger partial charge in [0.05, 0.1) is 18.0 Å². The fourth-order valence-electron chi connectivity index (χ4n) is 3.46. The molecule has 4 heteroatoms. The van der Waals surface area contributed by atoms with Crippen molar-refractivity contribution >= 4 is 16.2 Å². The van der Waals surface area contributed by atoms with E-state index in [9.17, 15) is 5.11 Å². The highest BCUT2D eigenvalue weighted by Gasteiger charge is 2.33. The van der Waals surface area contributed by atoms with Crippen LogP contribution in [0.2, 0.25) is 0 Å². The summed E-state index contributed by atoms with van der Waals surface area (Å²) in [7, 11) is 0. The molecule has 102 valence electrons. The third-order valence-corrected chi connectivity index (χ3v) is 5.90. The molecule has 2 aliphatic rings. The number of thiazole rings is 1. The van der Waals surface area contributed by atoms with Gasteiger partial charge in [-0.2, -0.15) is 0 Å². The monoisotopic (exact) mass is 276 g/mol. The second-order valence-electron chi connectivity index (χ2n) is 6.13. The first-order valence-corrected chi connectivity index (χ1v) is 8.27. The van der Waals surface area contributed by atoms with Crippen LogP contribution in [0.1, 0.15) is 67.5 Å². The Morgan fingerprint density at radius 3 is 2.84 bits per heavy atom. The van der Waals surface area contributed by atoms with Crippen LogP contribution in [-0.4, -0.2) is 14.5 Å². The Balaban J connectivity index is 1.67. The maximum atomic E-state index is 10.7. The standard InChI is InChI=1S/C15H20N2OS/c18-12(7-10-3-1-2-4-10)14-15(11-5-6-11)19-13-8-16-9-17(13)14/h8-12,18H,1-7H2/t12-/m0/s1. The summed E-state index contributed by atoms with van der Waals surface area (Å²) in [5, 5.41) is 10.7. The first-order valence-electron chi connectivity index (χ1n) is 7.45. The van der Waals surface area contributed by atoms with Crippen molar-refractivity contribution in [2.24, 2.45) is 5.92 Å². The van der Waals surface area contributed by atoms with E-state index in [0.29, 0.717) is 5.92 Å². The van der Waals surface area contributed by atoms with Crippen LogP contribution >= 0.6 is 11.3 Å². The van der Waals surface area contributed by atoms with Gasteiger partial charge in [-0.1, -0.05) is 25.7 Å². The number of imidazole rings is 1. The molecule has 2 saturated carbocycles. The number of aromatic nitrogens is 2. The van der Waals surface area contributed by atoms with E-state index in [4.69, 9.17) is 0 Å². The third kappa shape index (κ3) is 2.11. The Morgan fingerprint density at radius 1 is 1.32 bits per heavy atom. The van der Waals surface area contributed by atoms with Crippen LogP contribution < -0.4 is 0 Å². The number of rotatable bonds is 4. The Bertz CT molecular complexity index is 578. The van der Waals surface area contributed by atoms with Crippen molar-refractivity contribution in [2.75, 3.05) is 0 Å². The van der Waals surface area contributed by atoms with Crippen LogP contribution in [0.4, 0.5) is 0 Å². The van der Waals surface area contributed by atoms with Gasteiger partial charge >= 0.3 is 0 Å². The fraction of sp³-hybridized carbons (Fsp3) is 0.667. The van der Waals surface area contributed by atoms with Crippen molar-refractivity contribution in [3.05, 3.63) is 23.1 Å². The molecule has 3 nitrogen and oxygen atoms in total. The van der Waals surface area contributed by atoms with Gasteiger partial charge in [0.25, 0.3) is 0 Å². The fourth-order valence-corrected chi connectivity index (χ4v) is 4.78. The highest BCUT2D eigenvalue weighted by atomic mass is 32.1. The molecule has 0 bridgehead atoms. The van der Waals surface area contributed by atoms with Gasteiger partial charge in [-0.3, -0.25) is 4.40 Å². The van der Waals surface area contributed by atoms with Crippen LogP contribution in [0.3, 0.4) is 0 Å². The van der Waals surface area contributed by atoms with Crippen LogP contribution in [-0.2, 0) is 0 Å². The molecule has 0 saturated heterocycles. The smallest absolute Gasteiger partial charge is 0.120 e. The first-order chi connectivity index (χ1) is 9.33. The van der Waals surface area contributed by atoms with Crippen LogP contribution in [0.25, 0.3) is 4.83 Å². The number of fused-ring (bicyclic) bond motifs is 1. The Labute approximate surface area is 117 Å². The number of hydrogen-bond donors (Lipinski definition) is 1. The van der Waals surface area contributed by atoms with E-state index in [1.807, 2.05) is 23.9 Å². The summed E-state index contributed by atoms with van der Waals surface area (Å²) < 4.78 is 2.12. The Hall–Kier alpha value is -0.870. The van der Waals surface area contributed by atoms with Gasteiger partial charge in [-0.25, -0.2) is 4.98 Å². The molecule has 2 heterocycles. The topological polar surface area (TPSA) is 37.5 Å². The summed E-state index contributed by atoms with van der Waals surface area (Å²) in [4.78, 5) is 6.82. The lowest BCUT2D eigenvalue weighted by molar-refractivity contribution is 0.139. The highest BCUT2D eigenvalue weighted by molar-refractivity contribution is 7.17. The van der Waals surface area contributed by atoms with E-state index >= 15 is 0 Å². The molecular weight excluding hydrogens is 256 g/mol. The van der Waals surface area contributed by atoms with Crippen molar-refractivity contribution in [3.63, 3.8) is 0 Å². The lowest BCUT2D eigenvalue weighted by Crippen LogP contribution is -2.08. The molecule has 0 aliphatic heterocycles. The molecule has 0 amide bonds. The maximum Gasteiger partial charge on any atom is 0.120 e. The van der Waals surface area contributed by atoms with E-state index < -0.39 is 0 Å². The maximum absolute atomic E-state index is 10.7. The number of aliphatic hydroxyl groups is 1. The van der Waals surface area contributed by atoms with Crippen LogP contribution in [0.5, 0.6) is 0 Å². The largest absolute Gasteiger partial charge is 0.387 e. The summed E-state index contributed by atoms with van der Waals surface area (Å²) in [5.41, 5.74) is 1.15.